The number of thiophene rings is 1. The van der Waals surface area contributed by atoms with Gasteiger partial charge >= 0.3 is 0 Å². The second-order valence-electron chi connectivity index (χ2n) is 3.42. The molecule has 2 N–H and O–H groups in total. The maximum absolute atomic E-state index is 11.8. The molecule has 0 radical (unpaired) electrons. The van der Waals surface area contributed by atoms with Gasteiger partial charge in [-0.3, -0.25) is 0 Å². The van der Waals surface area contributed by atoms with Crippen molar-refractivity contribution in [3.8, 4) is 0 Å². The molecule has 6 heteroatoms. The molecule has 0 saturated carbocycles. The molecule has 2 nitrogen and oxygen atoms in total. The molecule has 0 fully saturated rings. The van der Waals surface area contributed by atoms with Gasteiger partial charge in [0.15, 0.2) is 0 Å². The van der Waals surface area contributed by atoms with Gasteiger partial charge in [0.25, 0.3) is 6.43 Å². The van der Waals surface area contributed by atoms with E-state index in [1.54, 1.807) is 11.3 Å². The summed E-state index contributed by atoms with van der Waals surface area (Å²) < 4.78 is 29.4. The first-order chi connectivity index (χ1) is 7.50. The second kappa shape index (κ2) is 6.64. The van der Waals surface area contributed by atoms with Crippen molar-refractivity contribution in [1.29, 1.82) is 0 Å². The van der Waals surface area contributed by atoms with Gasteiger partial charge in [-0.2, -0.15) is 0 Å². The molecule has 1 rings (SSSR count). The van der Waals surface area contributed by atoms with Gasteiger partial charge in [0.05, 0.1) is 3.79 Å². The van der Waals surface area contributed by atoms with Gasteiger partial charge in [-0.05, 0) is 40.9 Å². The molecule has 0 aliphatic rings. The Kier molecular flexibility index (Phi) is 5.82. The Labute approximate surface area is 106 Å². The highest BCUT2D eigenvalue weighted by atomic mass is 79.9. The van der Waals surface area contributed by atoms with Crippen LogP contribution in [0.5, 0.6) is 0 Å². The summed E-state index contributed by atoms with van der Waals surface area (Å²) in [5.41, 5.74) is 7.00. The lowest BCUT2D eigenvalue weighted by atomic mass is 10.1. The van der Waals surface area contributed by atoms with E-state index in [1.165, 1.54) is 0 Å². The predicted molar refractivity (Wildman–Crippen MR) is 65.1 cm³/mol. The molecule has 1 heterocycles. The van der Waals surface area contributed by atoms with Crippen LogP contribution in [0.15, 0.2) is 9.85 Å². The first kappa shape index (κ1) is 14.0. The first-order valence-corrected chi connectivity index (χ1v) is 6.49. The van der Waals surface area contributed by atoms with Crippen LogP contribution in [0.25, 0.3) is 0 Å². The fourth-order valence-corrected chi connectivity index (χ4v) is 3.15. The molecule has 1 unspecified atom stereocenters. The summed E-state index contributed by atoms with van der Waals surface area (Å²) in [7, 11) is 0. The Morgan fingerprint density at radius 1 is 1.56 bits per heavy atom. The Balaban J connectivity index is 2.35. The molecule has 0 aliphatic heterocycles. The van der Waals surface area contributed by atoms with Crippen molar-refractivity contribution in [1.82, 2.24) is 0 Å². The summed E-state index contributed by atoms with van der Waals surface area (Å²) in [5.74, 6) is 0. The van der Waals surface area contributed by atoms with Crippen LogP contribution in [0.3, 0.4) is 0 Å². The van der Waals surface area contributed by atoms with E-state index < -0.39 is 13.0 Å². The Hall–Kier alpha value is -0.0400. The van der Waals surface area contributed by atoms with E-state index >= 15 is 0 Å². The van der Waals surface area contributed by atoms with E-state index in [9.17, 15) is 8.78 Å². The number of hydrogen-bond donors (Lipinski definition) is 1. The maximum Gasteiger partial charge on any atom is 0.261 e. The van der Waals surface area contributed by atoms with Gasteiger partial charge in [-0.25, -0.2) is 8.78 Å². The molecule has 0 aliphatic carbocycles. The molecule has 0 aromatic carbocycles. The van der Waals surface area contributed by atoms with Crippen LogP contribution < -0.4 is 5.73 Å². The van der Waals surface area contributed by atoms with Crippen molar-refractivity contribution in [2.75, 3.05) is 13.2 Å². The van der Waals surface area contributed by atoms with Crippen molar-refractivity contribution in [3.05, 3.63) is 20.3 Å². The third kappa shape index (κ3) is 4.45. The van der Waals surface area contributed by atoms with Crippen LogP contribution in [0.1, 0.15) is 22.9 Å². The average molecular weight is 314 g/mol. The Morgan fingerprint density at radius 3 is 2.75 bits per heavy atom. The highest BCUT2D eigenvalue weighted by molar-refractivity contribution is 9.11. The van der Waals surface area contributed by atoms with Gasteiger partial charge in [-0.1, -0.05) is 0 Å². The van der Waals surface area contributed by atoms with Gasteiger partial charge < -0.3 is 10.5 Å². The second-order valence-corrected chi connectivity index (χ2v) is 6.06. The van der Waals surface area contributed by atoms with Gasteiger partial charge in [0.2, 0.25) is 0 Å². The number of nitrogens with two attached hydrogens (primary N) is 1. The number of halogens is 3. The van der Waals surface area contributed by atoms with Crippen LogP contribution >= 0.6 is 27.3 Å². The smallest absolute Gasteiger partial charge is 0.261 e. The average Bonchev–Trinajstić information content (AvgIpc) is 2.52. The predicted octanol–water partition coefficient (Wildman–Crippen LogP) is 3.49. The van der Waals surface area contributed by atoms with Crippen LogP contribution in [0, 0.1) is 6.92 Å². The molecule has 0 spiro atoms. The zero-order chi connectivity index (χ0) is 12.1. The molecule has 0 amide bonds. The van der Waals surface area contributed by atoms with E-state index in [0.29, 0.717) is 6.42 Å². The lowest BCUT2D eigenvalue weighted by Gasteiger charge is -2.11. The van der Waals surface area contributed by atoms with E-state index in [-0.39, 0.29) is 12.6 Å². The Morgan fingerprint density at radius 2 is 2.25 bits per heavy atom. The van der Waals surface area contributed by atoms with Crippen molar-refractivity contribution in [3.63, 3.8) is 0 Å². The first-order valence-electron chi connectivity index (χ1n) is 4.88. The fourth-order valence-electron chi connectivity index (χ4n) is 1.36. The molecule has 16 heavy (non-hydrogen) atoms. The molecular weight excluding hydrogens is 300 g/mol. The van der Waals surface area contributed by atoms with E-state index in [1.807, 2.05) is 13.0 Å². The minimum atomic E-state index is -2.41. The fraction of sp³-hybridized carbons (Fsp3) is 0.600. The zero-order valence-corrected chi connectivity index (χ0v) is 11.3. The SMILES string of the molecule is Cc1sc(Br)cc1C(N)CCOCC(F)F. The number of rotatable bonds is 6. The lowest BCUT2D eigenvalue weighted by molar-refractivity contribution is 0.0152. The minimum Gasteiger partial charge on any atom is -0.375 e. The highest BCUT2D eigenvalue weighted by Crippen LogP contribution is 2.30. The number of ether oxygens (including phenoxy) is 1. The minimum absolute atomic E-state index is 0.153. The maximum atomic E-state index is 11.8. The van der Waals surface area contributed by atoms with Crippen LogP contribution in [-0.4, -0.2) is 19.6 Å². The standard InChI is InChI=1S/C10H14BrF2NOS/c1-6-7(4-9(11)16-6)8(14)2-3-15-5-10(12)13/h4,8,10H,2-3,5,14H2,1H3. The van der Waals surface area contributed by atoms with Crippen molar-refractivity contribution >= 4 is 27.3 Å². The van der Waals surface area contributed by atoms with E-state index in [4.69, 9.17) is 10.5 Å². The summed E-state index contributed by atoms with van der Waals surface area (Å²) in [6, 6.07) is 1.82. The molecular formula is C10H14BrF2NOS. The van der Waals surface area contributed by atoms with Crippen molar-refractivity contribution < 1.29 is 13.5 Å². The number of alkyl halides is 2. The molecule has 1 atom stereocenters. The molecule has 1 aromatic rings. The number of hydrogen-bond acceptors (Lipinski definition) is 3. The molecule has 92 valence electrons. The quantitative estimate of drug-likeness (QED) is 0.816. The zero-order valence-electron chi connectivity index (χ0n) is 8.88. The third-order valence-corrected chi connectivity index (χ3v) is 3.71. The largest absolute Gasteiger partial charge is 0.375 e. The van der Waals surface area contributed by atoms with Gasteiger partial charge in [0.1, 0.15) is 6.61 Å². The Bertz CT molecular complexity index is 333. The van der Waals surface area contributed by atoms with Crippen molar-refractivity contribution in [2.24, 2.45) is 5.73 Å². The van der Waals surface area contributed by atoms with E-state index in [2.05, 4.69) is 15.9 Å². The summed E-state index contributed by atoms with van der Waals surface area (Å²) in [4.78, 5) is 1.15. The monoisotopic (exact) mass is 313 g/mol. The third-order valence-electron chi connectivity index (χ3n) is 2.14. The topological polar surface area (TPSA) is 35.2 Å². The normalized spacial score (nSPS) is 13.4. The highest BCUT2D eigenvalue weighted by Gasteiger charge is 2.12. The molecule has 0 bridgehead atoms. The summed E-state index contributed by atoms with van der Waals surface area (Å²) in [5, 5.41) is 0. The van der Waals surface area contributed by atoms with Gasteiger partial charge in [0, 0.05) is 17.5 Å². The summed E-state index contributed by atoms with van der Waals surface area (Å²) in [6.45, 7) is 1.74. The van der Waals surface area contributed by atoms with Gasteiger partial charge in [-0.15, -0.1) is 11.3 Å². The summed E-state index contributed by atoms with van der Waals surface area (Å²) in [6.07, 6.45) is -1.86. The lowest BCUT2D eigenvalue weighted by Crippen LogP contribution is -2.15. The molecule has 1 aromatic heterocycles. The van der Waals surface area contributed by atoms with Crippen LogP contribution in [0.2, 0.25) is 0 Å². The number of aryl methyl sites for hydroxylation is 1. The van der Waals surface area contributed by atoms with Crippen LogP contribution in [0.4, 0.5) is 8.78 Å². The summed E-state index contributed by atoms with van der Waals surface area (Å²) >= 11 is 5.00. The molecule has 0 saturated heterocycles. The van der Waals surface area contributed by atoms with Crippen molar-refractivity contribution in [2.45, 2.75) is 25.8 Å². The van der Waals surface area contributed by atoms with Crippen LogP contribution in [-0.2, 0) is 4.74 Å². The van der Waals surface area contributed by atoms with E-state index in [0.717, 1.165) is 14.2 Å².